The van der Waals surface area contributed by atoms with Crippen molar-refractivity contribution in [2.75, 3.05) is 7.05 Å². The summed E-state index contributed by atoms with van der Waals surface area (Å²) < 4.78 is 27.6. The van der Waals surface area contributed by atoms with Crippen LogP contribution < -0.4 is 4.87 Å². The van der Waals surface area contributed by atoms with E-state index in [1.54, 1.807) is 38.2 Å². The maximum atomic E-state index is 13.0. The molecule has 0 aliphatic rings. The molecule has 3 aromatic rings. The first-order valence-corrected chi connectivity index (χ1v) is 9.11. The largest absolute Gasteiger partial charge is 0.337 e. The van der Waals surface area contributed by atoms with Gasteiger partial charge in [-0.3, -0.25) is 14.2 Å². The Kier molecular flexibility index (Phi) is 5.51. The lowest BCUT2D eigenvalue weighted by Gasteiger charge is -2.17. The van der Waals surface area contributed by atoms with Crippen LogP contribution in [0.25, 0.3) is 0 Å². The second-order valence-electron chi connectivity index (χ2n) is 6.28. The van der Waals surface area contributed by atoms with Crippen molar-refractivity contribution in [3.05, 3.63) is 91.5 Å². The number of benzene rings is 2. The lowest BCUT2D eigenvalue weighted by Crippen LogP contribution is -2.26. The van der Waals surface area contributed by atoms with Crippen LogP contribution in [-0.2, 0) is 13.1 Å². The molecule has 2 aromatic carbocycles. The first kappa shape index (κ1) is 19.0. The van der Waals surface area contributed by atoms with E-state index in [1.165, 1.54) is 33.7 Å². The Labute approximate surface area is 159 Å². The van der Waals surface area contributed by atoms with Gasteiger partial charge in [0, 0.05) is 19.3 Å². The highest BCUT2D eigenvalue weighted by molar-refractivity contribution is 7.11. The van der Waals surface area contributed by atoms with Crippen molar-refractivity contribution in [1.82, 2.24) is 9.47 Å². The third kappa shape index (κ3) is 4.31. The standard InChI is InChI=1S/C20H18F2N2O2S/c1-13-18(19(25)23(2)11-14-3-7-16(21)8-4-14)27-20(26)24(13)12-15-5-9-17(22)10-6-15/h3-10H,11-12H2,1-2H3. The molecular weight excluding hydrogens is 370 g/mol. The summed E-state index contributed by atoms with van der Waals surface area (Å²) in [6.07, 6.45) is 0. The highest BCUT2D eigenvalue weighted by atomic mass is 32.1. The average Bonchev–Trinajstić information content (AvgIpc) is 2.93. The Morgan fingerprint density at radius 2 is 1.52 bits per heavy atom. The lowest BCUT2D eigenvalue weighted by atomic mass is 10.2. The van der Waals surface area contributed by atoms with Gasteiger partial charge in [-0.05, 0) is 42.3 Å². The van der Waals surface area contributed by atoms with Crippen molar-refractivity contribution in [3.63, 3.8) is 0 Å². The van der Waals surface area contributed by atoms with Crippen LogP contribution in [0.5, 0.6) is 0 Å². The molecular formula is C20H18F2N2O2S. The molecule has 4 nitrogen and oxygen atoms in total. The highest BCUT2D eigenvalue weighted by Gasteiger charge is 2.21. The molecule has 1 aromatic heterocycles. The highest BCUT2D eigenvalue weighted by Crippen LogP contribution is 2.17. The van der Waals surface area contributed by atoms with Crippen molar-refractivity contribution in [1.29, 1.82) is 0 Å². The first-order valence-electron chi connectivity index (χ1n) is 8.29. The molecule has 7 heteroatoms. The fourth-order valence-electron chi connectivity index (χ4n) is 2.74. The summed E-state index contributed by atoms with van der Waals surface area (Å²) in [4.78, 5) is 26.7. The van der Waals surface area contributed by atoms with Crippen LogP contribution in [0.4, 0.5) is 8.78 Å². The Bertz CT molecular complexity index is 1010. The lowest BCUT2D eigenvalue weighted by molar-refractivity contribution is 0.0788. The zero-order chi connectivity index (χ0) is 19.6. The van der Waals surface area contributed by atoms with Crippen LogP contribution >= 0.6 is 11.3 Å². The van der Waals surface area contributed by atoms with Gasteiger partial charge in [-0.25, -0.2) is 8.78 Å². The van der Waals surface area contributed by atoms with Crippen molar-refractivity contribution in [2.24, 2.45) is 0 Å². The summed E-state index contributed by atoms with van der Waals surface area (Å²) in [6.45, 7) is 2.30. The minimum atomic E-state index is -0.341. The predicted octanol–water partition coefficient (Wildman–Crippen LogP) is 3.82. The van der Waals surface area contributed by atoms with E-state index in [2.05, 4.69) is 0 Å². The molecule has 1 heterocycles. The maximum Gasteiger partial charge on any atom is 0.308 e. The van der Waals surface area contributed by atoms with E-state index in [1.807, 2.05) is 0 Å². The smallest absolute Gasteiger partial charge is 0.308 e. The van der Waals surface area contributed by atoms with Gasteiger partial charge in [-0.2, -0.15) is 0 Å². The normalized spacial score (nSPS) is 10.8. The molecule has 0 saturated heterocycles. The van der Waals surface area contributed by atoms with Crippen LogP contribution in [0.3, 0.4) is 0 Å². The zero-order valence-corrected chi connectivity index (χ0v) is 15.7. The summed E-state index contributed by atoms with van der Waals surface area (Å²) in [6, 6.07) is 11.8. The van der Waals surface area contributed by atoms with E-state index in [-0.39, 0.29) is 29.0 Å². The van der Waals surface area contributed by atoms with Crippen molar-refractivity contribution >= 4 is 17.2 Å². The van der Waals surface area contributed by atoms with Gasteiger partial charge in [0.25, 0.3) is 5.91 Å². The van der Waals surface area contributed by atoms with Crippen molar-refractivity contribution < 1.29 is 13.6 Å². The maximum absolute atomic E-state index is 13.0. The Balaban J connectivity index is 1.80. The van der Waals surface area contributed by atoms with Gasteiger partial charge < -0.3 is 4.90 Å². The number of rotatable bonds is 5. The summed E-state index contributed by atoms with van der Waals surface area (Å²) in [5, 5.41) is 0. The predicted molar refractivity (Wildman–Crippen MR) is 101 cm³/mol. The van der Waals surface area contributed by atoms with E-state index in [4.69, 9.17) is 0 Å². The van der Waals surface area contributed by atoms with Gasteiger partial charge >= 0.3 is 4.87 Å². The number of hydrogen-bond acceptors (Lipinski definition) is 3. The van der Waals surface area contributed by atoms with E-state index >= 15 is 0 Å². The van der Waals surface area contributed by atoms with Gasteiger partial charge in [0.2, 0.25) is 0 Å². The molecule has 0 spiro atoms. The molecule has 140 valence electrons. The molecule has 0 radical (unpaired) electrons. The van der Waals surface area contributed by atoms with Crippen LogP contribution in [0.15, 0.2) is 53.3 Å². The molecule has 27 heavy (non-hydrogen) atoms. The number of carbonyl (C=O) groups excluding carboxylic acids is 1. The van der Waals surface area contributed by atoms with Crippen LogP contribution in [0, 0.1) is 18.6 Å². The van der Waals surface area contributed by atoms with E-state index in [9.17, 15) is 18.4 Å². The summed E-state index contributed by atoms with van der Waals surface area (Å²) in [5.74, 6) is -0.942. The Morgan fingerprint density at radius 1 is 1.00 bits per heavy atom. The summed E-state index contributed by atoms with van der Waals surface area (Å²) in [5.41, 5.74) is 2.14. The van der Waals surface area contributed by atoms with E-state index in [0.29, 0.717) is 17.1 Å². The number of thiazole rings is 1. The Morgan fingerprint density at radius 3 is 2.07 bits per heavy atom. The number of halogens is 2. The third-order valence-corrected chi connectivity index (χ3v) is 5.34. The van der Waals surface area contributed by atoms with Gasteiger partial charge in [-0.1, -0.05) is 35.6 Å². The molecule has 0 saturated carbocycles. The third-order valence-electron chi connectivity index (χ3n) is 4.27. The molecule has 0 fully saturated rings. The van der Waals surface area contributed by atoms with Crippen LogP contribution in [-0.4, -0.2) is 22.4 Å². The first-order chi connectivity index (χ1) is 12.8. The summed E-state index contributed by atoms with van der Waals surface area (Å²) >= 11 is 0.895. The molecule has 3 rings (SSSR count). The quantitative estimate of drug-likeness (QED) is 0.667. The fraction of sp³-hybridized carbons (Fsp3) is 0.200. The van der Waals surface area contributed by atoms with E-state index in [0.717, 1.165) is 22.5 Å². The number of carbonyl (C=O) groups is 1. The SMILES string of the molecule is Cc1c(C(=O)N(C)Cc2ccc(F)cc2)sc(=O)n1Cc1ccc(F)cc1. The van der Waals surface area contributed by atoms with Gasteiger partial charge in [0.1, 0.15) is 16.5 Å². The molecule has 0 N–H and O–H groups in total. The molecule has 0 atom stereocenters. The van der Waals surface area contributed by atoms with Crippen LogP contribution in [0.1, 0.15) is 26.5 Å². The number of hydrogen-bond donors (Lipinski definition) is 0. The second-order valence-corrected chi connectivity index (χ2v) is 7.24. The number of amides is 1. The average molecular weight is 388 g/mol. The monoisotopic (exact) mass is 388 g/mol. The molecule has 0 unspecified atom stereocenters. The molecule has 0 bridgehead atoms. The van der Waals surface area contributed by atoms with Crippen molar-refractivity contribution in [3.8, 4) is 0 Å². The second kappa shape index (κ2) is 7.84. The van der Waals surface area contributed by atoms with Crippen LogP contribution in [0.2, 0.25) is 0 Å². The molecule has 0 aliphatic heterocycles. The topological polar surface area (TPSA) is 42.3 Å². The van der Waals surface area contributed by atoms with Gasteiger partial charge in [0.15, 0.2) is 0 Å². The van der Waals surface area contributed by atoms with Crippen molar-refractivity contribution in [2.45, 2.75) is 20.0 Å². The fourth-order valence-corrected chi connectivity index (χ4v) is 3.73. The van der Waals surface area contributed by atoms with Gasteiger partial charge in [0.05, 0.1) is 6.54 Å². The molecule has 1 amide bonds. The number of nitrogens with zero attached hydrogens (tertiary/aromatic N) is 2. The van der Waals surface area contributed by atoms with E-state index < -0.39 is 0 Å². The zero-order valence-electron chi connectivity index (χ0n) is 14.9. The molecule has 0 aliphatic carbocycles. The Hall–Kier alpha value is -2.80. The summed E-state index contributed by atoms with van der Waals surface area (Å²) in [7, 11) is 1.64. The number of aromatic nitrogens is 1. The minimum Gasteiger partial charge on any atom is -0.337 e. The van der Waals surface area contributed by atoms with Gasteiger partial charge in [-0.15, -0.1) is 0 Å². The minimum absolute atomic E-state index is 0.240.